The molecule has 0 spiro atoms. The lowest BCUT2D eigenvalue weighted by Gasteiger charge is -2.06. The molecule has 1 rings (SSSR count). The van der Waals surface area contributed by atoms with Crippen molar-refractivity contribution in [3.63, 3.8) is 0 Å². The van der Waals surface area contributed by atoms with Crippen LogP contribution in [-0.2, 0) is 9.47 Å². The summed E-state index contributed by atoms with van der Waals surface area (Å²) >= 11 is 0. The normalized spacial score (nSPS) is 10.3. The van der Waals surface area contributed by atoms with Crippen LogP contribution < -0.4 is 5.32 Å². The Bertz CT molecular complexity index is 374. The maximum Gasteiger partial charge on any atom is 0.251 e. The Hall–Kier alpha value is -1.53. The molecule has 1 amide bonds. The lowest BCUT2D eigenvalue weighted by atomic mass is 10.2. The quantitative estimate of drug-likeness (QED) is 0.557. The Morgan fingerprint density at radius 3 is 3.00 bits per heavy atom. The molecule has 0 radical (unpaired) electrons. The van der Waals surface area contributed by atoms with Crippen molar-refractivity contribution in [3.05, 3.63) is 29.8 Å². The molecule has 0 unspecified atom stereocenters. The standard InChI is InChI=1S/C12H17FN2O3/c1-17-7-8-18-6-2-4-15-12(16)10-3-5-14-11(13)9-10/h3,5,9H,2,4,6-8H2,1H3,(H,15,16). The number of pyridine rings is 1. The molecule has 5 nitrogen and oxygen atoms in total. The number of amides is 1. The number of nitrogens with zero attached hydrogens (tertiary/aromatic N) is 1. The summed E-state index contributed by atoms with van der Waals surface area (Å²) in [6.45, 7) is 2.13. The molecular formula is C12H17FN2O3. The fraction of sp³-hybridized carbons (Fsp3) is 0.500. The summed E-state index contributed by atoms with van der Waals surface area (Å²) in [4.78, 5) is 14.9. The van der Waals surface area contributed by atoms with E-state index in [4.69, 9.17) is 9.47 Å². The number of methoxy groups -OCH3 is 1. The van der Waals surface area contributed by atoms with Crippen molar-refractivity contribution >= 4 is 5.91 Å². The summed E-state index contributed by atoms with van der Waals surface area (Å²) in [5.74, 6) is -0.973. The van der Waals surface area contributed by atoms with Crippen LogP contribution in [0.3, 0.4) is 0 Å². The molecule has 18 heavy (non-hydrogen) atoms. The van der Waals surface area contributed by atoms with Crippen LogP contribution in [0.25, 0.3) is 0 Å². The minimum absolute atomic E-state index is 0.266. The van der Waals surface area contributed by atoms with Crippen LogP contribution in [0, 0.1) is 5.95 Å². The van der Waals surface area contributed by atoms with Crippen molar-refractivity contribution < 1.29 is 18.7 Å². The fourth-order valence-corrected chi connectivity index (χ4v) is 1.27. The average Bonchev–Trinajstić information content (AvgIpc) is 2.37. The zero-order valence-electron chi connectivity index (χ0n) is 10.3. The highest BCUT2D eigenvalue weighted by molar-refractivity contribution is 5.93. The van der Waals surface area contributed by atoms with Crippen molar-refractivity contribution in [1.82, 2.24) is 10.3 Å². The third-order valence-corrected chi connectivity index (χ3v) is 2.17. The number of aromatic nitrogens is 1. The van der Waals surface area contributed by atoms with Crippen molar-refractivity contribution in [1.29, 1.82) is 0 Å². The lowest BCUT2D eigenvalue weighted by Crippen LogP contribution is -2.25. The first kappa shape index (κ1) is 14.5. The van der Waals surface area contributed by atoms with Crippen molar-refractivity contribution in [2.75, 3.05) is 33.5 Å². The predicted molar refractivity (Wildman–Crippen MR) is 63.8 cm³/mol. The third-order valence-electron chi connectivity index (χ3n) is 2.17. The van der Waals surface area contributed by atoms with E-state index >= 15 is 0 Å². The van der Waals surface area contributed by atoms with E-state index in [9.17, 15) is 9.18 Å². The topological polar surface area (TPSA) is 60.5 Å². The van der Waals surface area contributed by atoms with Gasteiger partial charge in [-0.05, 0) is 12.5 Å². The van der Waals surface area contributed by atoms with E-state index in [1.54, 1.807) is 7.11 Å². The average molecular weight is 256 g/mol. The van der Waals surface area contributed by atoms with E-state index in [1.807, 2.05) is 0 Å². The van der Waals surface area contributed by atoms with Crippen molar-refractivity contribution in [3.8, 4) is 0 Å². The number of halogens is 1. The molecule has 0 saturated carbocycles. The summed E-state index contributed by atoms with van der Waals surface area (Å²) in [6.07, 6.45) is 1.96. The minimum Gasteiger partial charge on any atom is -0.382 e. The summed E-state index contributed by atoms with van der Waals surface area (Å²) in [5.41, 5.74) is 0.266. The zero-order chi connectivity index (χ0) is 13.2. The second-order valence-electron chi connectivity index (χ2n) is 3.58. The Kier molecular flexibility index (Phi) is 6.90. The van der Waals surface area contributed by atoms with Gasteiger partial charge in [-0.3, -0.25) is 4.79 Å². The minimum atomic E-state index is -0.662. The van der Waals surface area contributed by atoms with Crippen molar-refractivity contribution in [2.24, 2.45) is 0 Å². The van der Waals surface area contributed by atoms with E-state index in [1.165, 1.54) is 12.3 Å². The van der Waals surface area contributed by atoms with E-state index in [2.05, 4.69) is 10.3 Å². The molecule has 1 heterocycles. The van der Waals surface area contributed by atoms with Gasteiger partial charge >= 0.3 is 0 Å². The molecule has 0 aliphatic heterocycles. The SMILES string of the molecule is COCCOCCCNC(=O)c1ccnc(F)c1. The molecule has 0 aromatic carbocycles. The number of carbonyl (C=O) groups is 1. The Labute approximate surface area is 105 Å². The van der Waals surface area contributed by atoms with E-state index < -0.39 is 5.95 Å². The molecule has 0 aliphatic rings. The first-order valence-corrected chi connectivity index (χ1v) is 5.70. The second kappa shape index (κ2) is 8.54. The zero-order valence-corrected chi connectivity index (χ0v) is 10.3. The number of nitrogens with one attached hydrogen (secondary N) is 1. The fourth-order valence-electron chi connectivity index (χ4n) is 1.27. The molecule has 100 valence electrons. The summed E-state index contributed by atoms with van der Waals surface area (Å²) in [5, 5.41) is 2.67. The lowest BCUT2D eigenvalue weighted by molar-refractivity contribution is 0.0688. The molecule has 0 atom stereocenters. The highest BCUT2D eigenvalue weighted by atomic mass is 19.1. The second-order valence-corrected chi connectivity index (χ2v) is 3.58. The van der Waals surface area contributed by atoms with Crippen LogP contribution in [0.5, 0.6) is 0 Å². The van der Waals surface area contributed by atoms with Gasteiger partial charge in [-0.1, -0.05) is 0 Å². The largest absolute Gasteiger partial charge is 0.382 e. The molecule has 1 aromatic rings. The van der Waals surface area contributed by atoms with Gasteiger partial charge in [0.2, 0.25) is 5.95 Å². The number of hydrogen-bond donors (Lipinski definition) is 1. The van der Waals surface area contributed by atoms with Gasteiger partial charge in [0.25, 0.3) is 5.91 Å². The van der Waals surface area contributed by atoms with Gasteiger partial charge in [-0.15, -0.1) is 0 Å². The first-order chi connectivity index (χ1) is 8.74. The molecule has 1 aromatic heterocycles. The van der Waals surface area contributed by atoms with Crippen LogP contribution in [0.2, 0.25) is 0 Å². The molecule has 0 saturated heterocycles. The van der Waals surface area contributed by atoms with Crippen LogP contribution in [0.4, 0.5) is 4.39 Å². The number of carbonyl (C=O) groups excluding carboxylic acids is 1. The number of hydrogen-bond acceptors (Lipinski definition) is 4. The molecule has 0 aliphatic carbocycles. The van der Waals surface area contributed by atoms with Gasteiger partial charge in [0.15, 0.2) is 0 Å². The maximum atomic E-state index is 12.8. The van der Waals surface area contributed by atoms with Crippen LogP contribution in [-0.4, -0.2) is 44.4 Å². The Morgan fingerprint density at radius 1 is 1.44 bits per heavy atom. The van der Waals surface area contributed by atoms with Gasteiger partial charge in [-0.2, -0.15) is 4.39 Å². The third kappa shape index (κ3) is 5.70. The highest BCUT2D eigenvalue weighted by Gasteiger charge is 2.05. The van der Waals surface area contributed by atoms with Gasteiger partial charge in [0, 0.05) is 38.1 Å². The van der Waals surface area contributed by atoms with E-state index in [-0.39, 0.29) is 11.5 Å². The molecule has 6 heteroatoms. The Balaban J connectivity index is 2.14. The van der Waals surface area contributed by atoms with Crippen LogP contribution >= 0.6 is 0 Å². The van der Waals surface area contributed by atoms with Gasteiger partial charge < -0.3 is 14.8 Å². The predicted octanol–water partition coefficient (Wildman–Crippen LogP) is 1.00. The van der Waals surface area contributed by atoms with Gasteiger partial charge in [-0.25, -0.2) is 4.98 Å². The number of ether oxygens (including phenoxy) is 2. The van der Waals surface area contributed by atoms with Crippen molar-refractivity contribution in [2.45, 2.75) is 6.42 Å². The van der Waals surface area contributed by atoms with Crippen LogP contribution in [0.1, 0.15) is 16.8 Å². The Morgan fingerprint density at radius 2 is 2.28 bits per heavy atom. The maximum absolute atomic E-state index is 12.8. The van der Waals surface area contributed by atoms with Crippen LogP contribution in [0.15, 0.2) is 18.3 Å². The summed E-state index contributed by atoms with van der Waals surface area (Å²) < 4.78 is 22.8. The van der Waals surface area contributed by atoms with E-state index in [0.717, 1.165) is 6.07 Å². The monoisotopic (exact) mass is 256 g/mol. The smallest absolute Gasteiger partial charge is 0.251 e. The molecule has 1 N–H and O–H groups in total. The number of rotatable bonds is 8. The first-order valence-electron chi connectivity index (χ1n) is 5.70. The molecular weight excluding hydrogens is 239 g/mol. The van der Waals surface area contributed by atoms with E-state index in [0.29, 0.717) is 32.8 Å². The highest BCUT2D eigenvalue weighted by Crippen LogP contribution is 1.99. The van der Waals surface area contributed by atoms with Gasteiger partial charge in [0.1, 0.15) is 0 Å². The molecule has 0 bridgehead atoms. The molecule has 0 fully saturated rings. The van der Waals surface area contributed by atoms with Gasteiger partial charge in [0.05, 0.1) is 13.2 Å². The summed E-state index contributed by atoms with van der Waals surface area (Å²) in [7, 11) is 1.61. The summed E-state index contributed by atoms with van der Waals surface area (Å²) in [6, 6.07) is 2.57.